The van der Waals surface area contributed by atoms with Crippen LogP contribution < -0.4 is 9.21 Å². The van der Waals surface area contributed by atoms with E-state index in [0.29, 0.717) is 36.2 Å². The first-order valence-electron chi connectivity index (χ1n) is 11.0. The van der Waals surface area contributed by atoms with Crippen molar-refractivity contribution in [3.8, 4) is 0 Å². The summed E-state index contributed by atoms with van der Waals surface area (Å²) in [6.45, 7) is 3.68. The zero-order valence-electron chi connectivity index (χ0n) is 19.0. The lowest BCUT2D eigenvalue weighted by atomic mass is 10.2. The van der Waals surface area contributed by atoms with Gasteiger partial charge in [0.2, 0.25) is 5.91 Å². The Morgan fingerprint density at radius 2 is 1.57 bits per heavy atom. The van der Waals surface area contributed by atoms with E-state index in [1.807, 2.05) is 31.2 Å². The quantitative estimate of drug-likeness (QED) is 0.405. The van der Waals surface area contributed by atoms with Crippen molar-refractivity contribution in [2.45, 2.75) is 11.8 Å². The van der Waals surface area contributed by atoms with Crippen LogP contribution in [-0.4, -0.2) is 51.9 Å². The number of nitrogens with zero attached hydrogens (tertiary/aromatic N) is 3. The largest absolute Gasteiger partial charge is 0.368 e. The highest BCUT2D eigenvalue weighted by atomic mass is 35.5. The summed E-state index contributed by atoms with van der Waals surface area (Å²) >= 11 is 18.3. The highest BCUT2D eigenvalue weighted by Crippen LogP contribution is 2.31. The third-order valence-electron chi connectivity index (χ3n) is 5.88. The predicted molar refractivity (Wildman–Crippen MR) is 142 cm³/mol. The van der Waals surface area contributed by atoms with Crippen LogP contribution in [-0.2, 0) is 14.8 Å². The number of hydrogen-bond acceptors (Lipinski definition) is 4. The third kappa shape index (κ3) is 5.86. The number of carbonyl (C=O) groups excluding carboxylic acids is 1. The summed E-state index contributed by atoms with van der Waals surface area (Å²) < 4.78 is 28.3. The molecule has 1 aliphatic rings. The summed E-state index contributed by atoms with van der Waals surface area (Å²) in [4.78, 5) is 17.2. The van der Waals surface area contributed by atoms with Crippen LogP contribution in [0, 0.1) is 6.92 Å². The molecule has 1 aliphatic heterocycles. The molecular weight excluding hydrogens is 529 g/mol. The first-order chi connectivity index (χ1) is 16.6. The van der Waals surface area contributed by atoms with Gasteiger partial charge in [-0.2, -0.15) is 0 Å². The molecule has 0 N–H and O–H groups in total. The molecule has 3 aromatic carbocycles. The molecule has 0 atom stereocenters. The molecule has 35 heavy (non-hydrogen) atoms. The maximum atomic E-state index is 13.6. The maximum Gasteiger partial charge on any atom is 0.264 e. The van der Waals surface area contributed by atoms with Gasteiger partial charge in [0.05, 0.1) is 20.6 Å². The van der Waals surface area contributed by atoms with Gasteiger partial charge < -0.3 is 9.80 Å². The summed E-state index contributed by atoms with van der Waals surface area (Å²) in [7, 11) is -4.03. The van der Waals surface area contributed by atoms with Crippen molar-refractivity contribution in [3.05, 3.63) is 87.4 Å². The summed E-state index contributed by atoms with van der Waals surface area (Å²) in [5.41, 5.74) is 2.19. The molecule has 1 amide bonds. The minimum atomic E-state index is -4.03. The van der Waals surface area contributed by atoms with Crippen LogP contribution in [0.5, 0.6) is 0 Å². The molecule has 1 fully saturated rings. The van der Waals surface area contributed by atoms with Gasteiger partial charge in [-0.05, 0) is 55.5 Å². The van der Waals surface area contributed by atoms with Crippen LogP contribution in [0.15, 0.2) is 71.6 Å². The molecule has 1 saturated heterocycles. The molecule has 0 spiro atoms. The average molecular weight is 553 g/mol. The SMILES string of the molecule is Cc1ccc(S(=O)(=O)N(CC(=O)N2CCN(c3cccc(Cl)c3)CC2)c2ccc(Cl)c(Cl)c2)cc1. The Morgan fingerprint density at radius 3 is 2.20 bits per heavy atom. The fraction of sp³-hybridized carbons (Fsp3) is 0.240. The normalized spacial score (nSPS) is 14.2. The lowest BCUT2D eigenvalue weighted by molar-refractivity contribution is -0.129. The zero-order chi connectivity index (χ0) is 25.2. The minimum Gasteiger partial charge on any atom is -0.368 e. The van der Waals surface area contributed by atoms with Gasteiger partial charge in [-0.15, -0.1) is 0 Å². The topological polar surface area (TPSA) is 60.9 Å². The van der Waals surface area contributed by atoms with Crippen molar-refractivity contribution in [3.63, 3.8) is 0 Å². The average Bonchev–Trinajstić information content (AvgIpc) is 2.84. The van der Waals surface area contributed by atoms with Gasteiger partial charge in [-0.1, -0.05) is 58.6 Å². The molecule has 0 bridgehead atoms. The number of piperazine rings is 1. The highest BCUT2D eigenvalue weighted by molar-refractivity contribution is 7.92. The first-order valence-corrected chi connectivity index (χ1v) is 13.6. The number of rotatable bonds is 6. The molecule has 184 valence electrons. The number of benzene rings is 3. The number of anilines is 2. The molecule has 0 unspecified atom stereocenters. The van der Waals surface area contributed by atoms with E-state index >= 15 is 0 Å². The number of hydrogen-bond donors (Lipinski definition) is 0. The van der Waals surface area contributed by atoms with E-state index in [2.05, 4.69) is 4.90 Å². The monoisotopic (exact) mass is 551 g/mol. The predicted octanol–water partition coefficient (Wildman–Crippen LogP) is 5.50. The Hall–Kier alpha value is -2.45. The highest BCUT2D eigenvalue weighted by Gasteiger charge is 2.30. The zero-order valence-corrected chi connectivity index (χ0v) is 22.1. The Labute approximate surface area is 220 Å². The van der Waals surface area contributed by atoms with Crippen LogP contribution in [0.2, 0.25) is 15.1 Å². The lowest BCUT2D eigenvalue weighted by Crippen LogP contribution is -2.52. The van der Waals surface area contributed by atoms with Gasteiger partial charge in [0.25, 0.3) is 10.0 Å². The summed E-state index contributed by atoms with van der Waals surface area (Å²) in [5.74, 6) is -0.294. The standard InChI is InChI=1S/C25H24Cl3N3O3S/c1-18-5-8-22(9-6-18)35(33,34)31(21-7-10-23(27)24(28)16-21)17-25(32)30-13-11-29(12-14-30)20-4-2-3-19(26)15-20/h2-10,15-16H,11-14,17H2,1H3. The van der Waals surface area contributed by atoms with Crippen molar-refractivity contribution in [2.24, 2.45) is 0 Å². The van der Waals surface area contributed by atoms with Crippen LogP contribution in [0.4, 0.5) is 11.4 Å². The molecule has 1 heterocycles. The van der Waals surface area contributed by atoms with E-state index in [-0.39, 0.29) is 28.1 Å². The molecular formula is C25H24Cl3N3O3S. The minimum absolute atomic E-state index is 0.0905. The van der Waals surface area contributed by atoms with E-state index in [0.717, 1.165) is 15.6 Å². The molecule has 0 radical (unpaired) electrons. The Kier molecular flexibility index (Phi) is 7.81. The third-order valence-corrected chi connectivity index (χ3v) is 8.65. The van der Waals surface area contributed by atoms with E-state index < -0.39 is 10.0 Å². The number of aryl methyl sites for hydroxylation is 1. The molecule has 6 nitrogen and oxygen atoms in total. The van der Waals surface area contributed by atoms with E-state index in [4.69, 9.17) is 34.8 Å². The number of amides is 1. The summed E-state index contributed by atoms with van der Waals surface area (Å²) in [6, 6.07) is 18.6. The summed E-state index contributed by atoms with van der Waals surface area (Å²) in [6.07, 6.45) is 0. The lowest BCUT2D eigenvalue weighted by Gasteiger charge is -2.37. The van der Waals surface area contributed by atoms with E-state index in [1.54, 1.807) is 23.1 Å². The molecule has 3 aromatic rings. The second-order valence-electron chi connectivity index (χ2n) is 8.27. The van der Waals surface area contributed by atoms with Crippen molar-refractivity contribution >= 4 is 62.1 Å². The Bertz CT molecular complexity index is 1330. The van der Waals surface area contributed by atoms with Crippen molar-refractivity contribution < 1.29 is 13.2 Å². The summed E-state index contributed by atoms with van der Waals surface area (Å²) in [5, 5.41) is 1.15. The Morgan fingerprint density at radius 1 is 0.886 bits per heavy atom. The van der Waals surface area contributed by atoms with Gasteiger partial charge in [-0.25, -0.2) is 8.42 Å². The maximum absolute atomic E-state index is 13.6. The van der Waals surface area contributed by atoms with Gasteiger partial charge >= 0.3 is 0 Å². The van der Waals surface area contributed by atoms with Crippen LogP contribution in [0.25, 0.3) is 0 Å². The molecule has 0 aromatic heterocycles. The van der Waals surface area contributed by atoms with Crippen LogP contribution in [0.1, 0.15) is 5.56 Å². The van der Waals surface area contributed by atoms with Crippen molar-refractivity contribution in [1.82, 2.24) is 4.90 Å². The van der Waals surface area contributed by atoms with Gasteiger partial charge in [0.15, 0.2) is 0 Å². The molecule has 10 heteroatoms. The van der Waals surface area contributed by atoms with Gasteiger partial charge in [0, 0.05) is 36.9 Å². The van der Waals surface area contributed by atoms with E-state index in [9.17, 15) is 13.2 Å². The second-order valence-corrected chi connectivity index (χ2v) is 11.4. The fourth-order valence-electron chi connectivity index (χ4n) is 3.90. The van der Waals surface area contributed by atoms with Crippen LogP contribution in [0.3, 0.4) is 0 Å². The molecule has 0 aliphatic carbocycles. The molecule has 0 saturated carbocycles. The van der Waals surface area contributed by atoms with Crippen LogP contribution >= 0.6 is 34.8 Å². The van der Waals surface area contributed by atoms with E-state index in [1.165, 1.54) is 24.3 Å². The number of sulfonamides is 1. The Balaban J connectivity index is 1.56. The smallest absolute Gasteiger partial charge is 0.264 e. The fourth-order valence-corrected chi connectivity index (χ4v) is 5.79. The number of halogens is 3. The first kappa shape index (κ1) is 25.6. The van der Waals surface area contributed by atoms with Crippen molar-refractivity contribution in [1.29, 1.82) is 0 Å². The van der Waals surface area contributed by atoms with Gasteiger partial charge in [-0.3, -0.25) is 9.10 Å². The van der Waals surface area contributed by atoms with Crippen molar-refractivity contribution in [2.75, 3.05) is 41.9 Å². The molecule has 4 rings (SSSR count). The second kappa shape index (κ2) is 10.7. The van der Waals surface area contributed by atoms with Gasteiger partial charge in [0.1, 0.15) is 6.54 Å². The number of carbonyl (C=O) groups is 1.